The maximum Gasteiger partial charge on any atom is 0.411 e. The molecular weight excluding hydrogens is 224 g/mol. The van der Waals surface area contributed by atoms with E-state index < -0.39 is 11.0 Å². The van der Waals surface area contributed by atoms with Crippen molar-refractivity contribution in [1.82, 2.24) is 4.90 Å². The van der Waals surface area contributed by atoms with Gasteiger partial charge in [0.2, 0.25) is 0 Å². The molecule has 0 aromatic heterocycles. The molecule has 1 aliphatic heterocycles. The number of rotatable bonds is 2. The Balaban J connectivity index is 2.21. The van der Waals surface area contributed by atoms with Gasteiger partial charge in [-0.2, -0.15) is 0 Å². The molecular formula is C11H10N2O4. The first kappa shape index (κ1) is 11.1. The molecule has 1 aliphatic rings. The molecule has 2 rings (SSSR count). The van der Waals surface area contributed by atoms with Crippen LogP contribution in [0.4, 0.5) is 10.5 Å². The maximum absolute atomic E-state index is 10.7. The Kier molecular flexibility index (Phi) is 2.78. The molecule has 0 bridgehead atoms. The van der Waals surface area contributed by atoms with Crippen LogP contribution in [0.25, 0.3) is 5.57 Å². The number of nitro benzene ring substituents is 1. The van der Waals surface area contributed by atoms with Crippen LogP contribution in [-0.4, -0.2) is 27.6 Å². The molecule has 0 aliphatic carbocycles. The van der Waals surface area contributed by atoms with E-state index in [0.717, 1.165) is 11.1 Å². The second-order valence-electron chi connectivity index (χ2n) is 3.68. The fourth-order valence-corrected chi connectivity index (χ4v) is 1.73. The molecule has 0 spiro atoms. The minimum absolute atomic E-state index is 0.0300. The topological polar surface area (TPSA) is 83.7 Å². The molecule has 1 aromatic carbocycles. The molecule has 0 saturated carbocycles. The summed E-state index contributed by atoms with van der Waals surface area (Å²) in [6, 6.07) is 6.10. The van der Waals surface area contributed by atoms with Crippen molar-refractivity contribution >= 4 is 17.4 Å². The summed E-state index contributed by atoms with van der Waals surface area (Å²) >= 11 is 0. The molecule has 6 nitrogen and oxygen atoms in total. The van der Waals surface area contributed by atoms with Crippen LogP contribution in [0.15, 0.2) is 30.5 Å². The van der Waals surface area contributed by atoms with Crippen molar-refractivity contribution in [3.63, 3.8) is 0 Å². The predicted molar refractivity (Wildman–Crippen MR) is 60.4 cm³/mol. The normalized spacial score (nSPS) is 14.6. The largest absolute Gasteiger partial charge is 0.465 e. The SMILES string of the molecule is O=C(O)N1C=C(c2ccc([N+](=O)[O-])cc2)CC1. The van der Waals surface area contributed by atoms with Gasteiger partial charge in [-0.05, 0) is 29.7 Å². The minimum Gasteiger partial charge on any atom is -0.465 e. The van der Waals surface area contributed by atoms with Crippen molar-refractivity contribution in [3.8, 4) is 0 Å². The van der Waals surface area contributed by atoms with E-state index >= 15 is 0 Å². The Labute approximate surface area is 96.9 Å². The summed E-state index contributed by atoms with van der Waals surface area (Å²) in [6.45, 7) is 0.432. The van der Waals surface area contributed by atoms with Gasteiger partial charge < -0.3 is 5.11 Å². The van der Waals surface area contributed by atoms with Gasteiger partial charge in [-0.1, -0.05) is 0 Å². The quantitative estimate of drug-likeness (QED) is 0.628. The van der Waals surface area contributed by atoms with Crippen LogP contribution >= 0.6 is 0 Å². The van der Waals surface area contributed by atoms with Gasteiger partial charge in [0.15, 0.2) is 0 Å². The molecule has 0 fully saturated rings. The molecule has 0 saturated heterocycles. The monoisotopic (exact) mass is 234 g/mol. The second kappa shape index (κ2) is 4.25. The first-order chi connectivity index (χ1) is 8.08. The van der Waals surface area contributed by atoms with E-state index in [1.54, 1.807) is 18.3 Å². The van der Waals surface area contributed by atoms with E-state index in [-0.39, 0.29) is 5.69 Å². The molecule has 17 heavy (non-hydrogen) atoms. The molecule has 1 amide bonds. The number of hydrogen-bond acceptors (Lipinski definition) is 3. The lowest BCUT2D eigenvalue weighted by atomic mass is 10.1. The summed E-state index contributed by atoms with van der Waals surface area (Å²) in [6.07, 6.45) is 1.20. The summed E-state index contributed by atoms with van der Waals surface area (Å²) < 4.78 is 0. The molecule has 1 heterocycles. The van der Waals surface area contributed by atoms with Gasteiger partial charge in [0.1, 0.15) is 0 Å². The molecule has 1 aromatic rings. The van der Waals surface area contributed by atoms with Crippen molar-refractivity contribution in [2.24, 2.45) is 0 Å². The smallest absolute Gasteiger partial charge is 0.411 e. The molecule has 1 N–H and O–H groups in total. The first-order valence-electron chi connectivity index (χ1n) is 5.03. The van der Waals surface area contributed by atoms with Gasteiger partial charge >= 0.3 is 6.09 Å². The number of nitro groups is 1. The van der Waals surface area contributed by atoms with Gasteiger partial charge in [0.25, 0.3) is 5.69 Å². The number of nitrogens with zero attached hydrogens (tertiary/aromatic N) is 2. The van der Waals surface area contributed by atoms with Crippen LogP contribution in [0.2, 0.25) is 0 Å². The zero-order valence-electron chi connectivity index (χ0n) is 8.87. The van der Waals surface area contributed by atoms with Gasteiger partial charge in [0.05, 0.1) is 4.92 Å². The Morgan fingerprint density at radius 1 is 1.35 bits per heavy atom. The second-order valence-corrected chi connectivity index (χ2v) is 3.68. The molecule has 0 atom stereocenters. The third-order valence-electron chi connectivity index (χ3n) is 2.63. The van der Waals surface area contributed by atoms with Gasteiger partial charge in [-0.15, -0.1) is 0 Å². The van der Waals surface area contributed by atoms with Gasteiger partial charge in [-0.3, -0.25) is 15.0 Å². The average molecular weight is 234 g/mol. The number of amides is 1. The minimum atomic E-state index is -0.984. The van der Waals surface area contributed by atoms with E-state index in [1.165, 1.54) is 17.0 Å². The van der Waals surface area contributed by atoms with E-state index in [2.05, 4.69) is 0 Å². The van der Waals surface area contributed by atoms with E-state index in [9.17, 15) is 14.9 Å². The number of carbonyl (C=O) groups is 1. The Hall–Kier alpha value is -2.37. The highest BCUT2D eigenvalue weighted by molar-refractivity contribution is 5.75. The Morgan fingerprint density at radius 2 is 2.00 bits per heavy atom. The highest BCUT2D eigenvalue weighted by atomic mass is 16.6. The van der Waals surface area contributed by atoms with Crippen molar-refractivity contribution in [3.05, 3.63) is 46.1 Å². The first-order valence-corrected chi connectivity index (χ1v) is 5.03. The van der Waals surface area contributed by atoms with Gasteiger partial charge in [0, 0.05) is 24.9 Å². The predicted octanol–water partition coefficient (Wildman–Crippen LogP) is 2.32. The standard InChI is InChI=1S/C11H10N2O4/c14-11(15)12-6-5-9(7-12)8-1-3-10(4-2-8)13(16)17/h1-4,7H,5-6H2,(H,14,15). The van der Waals surface area contributed by atoms with Crippen molar-refractivity contribution < 1.29 is 14.8 Å². The summed E-state index contributed by atoms with van der Waals surface area (Å²) in [4.78, 5) is 21.9. The van der Waals surface area contributed by atoms with E-state index in [1.807, 2.05) is 0 Å². The van der Waals surface area contributed by atoms with E-state index in [4.69, 9.17) is 5.11 Å². The summed E-state index contributed by atoms with van der Waals surface area (Å²) in [7, 11) is 0. The maximum atomic E-state index is 10.7. The fourth-order valence-electron chi connectivity index (χ4n) is 1.73. The van der Waals surface area contributed by atoms with Crippen LogP contribution in [0.1, 0.15) is 12.0 Å². The number of carboxylic acid groups (broad SMARTS) is 1. The Morgan fingerprint density at radius 3 is 2.47 bits per heavy atom. The molecule has 0 radical (unpaired) electrons. The lowest BCUT2D eigenvalue weighted by molar-refractivity contribution is -0.384. The van der Waals surface area contributed by atoms with Crippen LogP contribution in [0.5, 0.6) is 0 Å². The highest BCUT2D eigenvalue weighted by Crippen LogP contribution is 2.26. The molecule has 88 valence electrons. The third-order valence-corrected chi connectivity index (χ3v) is 2.63. The lowest BCUT2D eigenvalue weighted by Crippen LogP contribution is -2.20. The number of non-ortho nitro benzene ring substituents is 1. The summed E-state index contributed by atoms with van der Waals surface area (Å²) in [5, 5.41) is 19.3. The number of hydrogen-bond donors (Lipinski definition) is 1. The van der Waals surface area contributed by atoms with Crippen LogP contribution in [0, 0.1) is 10.1 Å². The number of benzene rings is 1. The molecule has 6 heteroatoms. The average Bonchev–Trinajstić information content (AvgIpc) is 2.78. The van der Waals surface area contributed by atoms with E-state index in [0.29, 0.717) is 13.0 Å². The summed E-state index contributed by atoms with van der Waals surface area (Å²) in [5.41, 5.74) is 1.73. The van der Waals surface area contributed by atoms with Crippen LogP contribution in [-0.2, 0) is 0 Å². The summed E-state index contributed by atoms with van der Waals surface area (Å²) in [5.74, 6) is 0. The third kappa shape index (κ3) is 2.25. The zero-order valence-corrected chi connectivity index (χ0v) is 8.87. The Bertz CT molecular complexity index is 493. The lowest BCUT2D eigenvalue weighted by Gasteiger charge is -2.05. The van der Waals surface area contributed by atoms with Gasteiger partial charge in [-0.25, -0.2) is 4.79 Å². The highest BCUT2D eigenvalue weighted by Gasteiger charge is 2.18. The van der Waals surface area contributed by atoms with Crippen molar-refractivity contribution in [2.45, 2.75) is 6.42 Å². The van der Waals surface area contributed by atoms with Crippen LogP contribution < -0.4 is 0 Å². The zero-order chi connectivity index (χ0) is 12.4. The molecule has 0 unspecified atom stereocenters. The van der Waals surface area contributed by atoms with Crippen molar-refractivity contribution in [2.75, 3.05) is 6.54 Å². The van der Waals surface area contributed by atoms with Crippen molar-refractivity contribution in [1.29, 1.82) is 0 Å². The fraction of sp³-hybridized carbons (Fsp3) is 0.182. The van der Waals surface area contributed by atoms with Crippen LogP contribution in [0.3, 0.4) is 0 Å².